The van der Waals surface area contributed by atoms with Crippen LogP contribution >= 0.6 is 0 Å². The number of anilines is 1. The Hall–Kier alpha value is -2.07. The van der Waals surface area contributed by atoms with Crippen LogP contribution in [0.25, 0.3) is 16.5 Å². The fraction of sp³-hybridized carbons (Fsp3) is 0.200. The highest BCUT2D eigenvalue weighted by Gasteiger charge is 2.04. The van der Waals surface area contributed by atoms with Gasteiger partial charge in [0.25, 0.3) is 0 Å². The Morgan fingerprint density at radius 1 is 1.38 bits per heavy atom. The summed E-state index contributed by atoms with van der Waals surface area (Å²) >= 11 is 0. The molecule has 6 heteroatoms. The second kappa shape index (κ2) is 5.72. The van der Waals surface area contributed by atoms with Crippen LogP contribution in [0.3, 0.4) is 0 Å². The van der Waals surface area contributed by atoms with E-state index in [9.17, 15) is 8.78 Å². The molecule has 0 radical (unpaired) electrons. The summed E-state index contributed by atoms with van der Waals surface area (Å²) in [4.78, 5) is 2.56. The van der Waals surface area contributed by atoms with Crippen LogP contribution in [-0.2, 0) is 0 Å². The zero-order valence-corrected chi connectivity index (χ0v) is 8.40. The van der Waals surface area contributed by atoms with Crippen molar-refractivity contribution in [2.24, 2.45) is 5.11 Å². The van der Waals surface area contributed by atoms with Crippen LogP contribution < -0.4 is 5.73 Å². The molecule has 0 atom stereocenters. The number of halogens is 2. The van der Waals surface area contributed by atoms with Crippen LogP contribution in [0.15, 0.2) is 23.3 Å². The highest BCUT2D eigenvalue weighted by Crippen LogP contribution is 2.17. The molecule has 0 aliphatic carbocycles. The van der Waals surface area contributed by atoms with Gasteiger partial charge < -0.3 is 5.73 Å². The zero-order chi connectivity index (χ0) is 12.0. The first-order chi connectivity index (χ1) is 7.65. The molecule has 0 aliphatic rings. The molecule has 0 bridgehead atoms. The van der Waals surface area contributed by atoms with Crippen molar-refractivity contribution in [3.05, 3.63) is 45.8 Å². The maximum atomic E-state index is 13.2. The SMILES string of the molecule is [N-]=[N+]=NCCC=Cc1cc(F)c(N)cc1F. The Labute approximate surface area is 91.0 Å². The number of nitrogens with zero attached hydrogens (tertiary/aromatic N) is 3. The third-order valence-electron chi connectivity index (χ3n) is 1.87. The van der Waals surface area contributed by atoms with Gasteiger partial charge in [-0.2, -0.15) is 0 Å². The molecule has 0 saturated heterocycles. The largest absolute Gasteiger partial charge is 0.396 e. The van der Waals surface area contributed by atoms with Gasteiger partial charge in [-0.1, -0.05) is 17.3 Å². The maximum absolute atomic E-state index is 13.2. The second-order valence-electron chi connectivity index (χ2n) is 3.04. The standard InChI is InChI=1S/C10H10F2N4/c11-8-6-10(13)9(12)5-7(8)3-1-2-4-15-16-14/h1,3,5-6H,2,4,13H2. The molecule has 0 heterocycles. The Morgan fingerprint density at radius 3 is 2.81 bits per heavy atom. The average Bonchev–Trinajstić information content (AvgIpc) is 2.25. The first-order valence-electron chi connectivity index (χ1n) is 4.57. The zero-order valence-electron chi connectivity index (χ0n) is 8.40. The van der Waals surface area contributed by atoms with Crippen LogP contribution in [0.5, 0.6) is 0 Å². The molecule has 0 fully saturated rings. The van der Waals surface area contributed by atoms with Gasteiger partial charge in [0.2, 0.25) is 0 Å². The maximum Gasteiger partial charge on any atom is 0.146 e. The molecular weight excluding hydrogens is 214 g/mol. The van der Waals surface area contributed by atoms with E-state index in [-0.39, 0.29) is 17.8 Å². The van der Waals surface area contributed by atoms with Crippen molar-refractivity contribution in [1.29, 1.82) is 0 Å². The summed E-state index contributed by atoms with van der Waals surface area (Å²) in [7, 11) is 0. The van der Waals surface area contributed by atoms with Crippen LogP contribution in [0.2, 0.25) is 0 Å². The van der Waals surface area contributed by atoms with Crippen molar-refractivity contribution in [3.8, 4) is 0 Å². The summed E-state index contributed by atoms with van der Waals surface area (Å²) in [5, 5.41) is 3.30. The summed E-state index contributed by atoms with van der Waals surface area (Å²) in [5.74, 6) is -1.24. The quantitative estimate of drug-likeness (QED) is 0.275. The van der Waals surface area contributed by atoms with E-state index in [1.54, 1.807) is 6.08 Å². The molecule has 16 heavy (non-hydrogen) atoms. The van der Waals surface area contributed by atoms with Crippen molar-refractivity contribution in [2.45, 2.75) is 6.42 Å². The molecule has 0 aromatic heterocycles. The summed E-state index contributed by atoms with van der Waals surface area (Å²) in [5.41, 5.74) is 13.1. The minimum absolute atomic E-state index is 0.118. The molecule has 1 rings (SSSR count). The van der Waals surface area contributed by atoms with E-state index in [1.807, 2.05) is 0 Å². The van der Waals surface area contributed by atoms with E-state index in [2.05, 4.69) is 10.0 Å². The van der Waals surface area contributed by atoms with Crippen molar-refractivity contribution >= 4 is 11.8 Å². The van der Waals surface area contributed by atoms with Crippen LogP contribution in [0.4, 0.5) is 14.5 Å². The molecule has 84 valence electrons. The lowest BCUT2D eigenvalue weighted by atomic mass is 10.1. The van der Waals surface area contributed by atoms with Gasteiger partial charge in [0, 0.05) is 23.1 Å². The van der Waals surface area contributed by atoms with E-state index in [1.165, 1.54) is 6.08 Å². The van der Waals surface area contributed by atoms with Crippen molar-refractivity contribution in [3.63, 3.8) is 0 Å². The molecule has 0 aliphatic heterocycles. The average molecular weight is 224 g/mol. The third-order valence-corrected chi connectivity index (χ3v) is 1.87. The van der Waals surface area contributed by atoms with Crippen molar-refractivity contribution in [1.82, 2.24) is 0 Å². The lowest BCUT2D eigenvalue weighted by molar-refractivity contribution is 0.602. The van der Waals surface area contributed by atoms with Crippen molar-refractivity contribution < 1.29 is 8.78 Å². The topological polar surface area (TPSA) is 74.8 Å². The number of rotatable bonds is 4. The summed E-state index contributed by atoms with van der Waals surface area (Å²) < 4.78 is 26.2. The molecule has 1 aromatic carbocycles. The van der Waals surface area contributed by atoms with Gasteiger partial charge in [-0.05, 0) is 18.0 Å². The third kappa shape index (κ3) is 3.25. The second-order valence-corrected chi connectivity index (χ2v) is 3.04. The van der Waals surface area contributed by atoms with E-state index < -0.39 is 11.6 Å². The Balaban J connectivity index is 2.73. The molecular formula is C10H10F2N4. The highest BCUT2D eigenvalue weighted by molar-refractivity contribution is 5.55. The van der Waals surface area contributed by atoms with Gasteiger partial charge in [0.05, 0.1) is 5.69 Å². The predicted octanol–water partition coefficient (Wildman–Crippen LogP) is 3.26. The number of hydrogen-bond donors (Lipinski definition) is 1. The normalized spacial score (nSPS) is 10.4. The minimum atomic E-state index is -0.656. The summed E-state index contributed by atoms with van der Waals surface area (Å²) in [6.07, 6.45) is 3.49. The van der Waals surface area contributed by atoms with Crippen molar-refractivity contribution in [2.75, 3.05) is 12.3 Å². The number of nitrogens with two attached hydrogens (primary N) is 1. The fourth-order valence-electron chi connectivity index (χ4n) is 1.09. The molecule has 2 N–H and O–H groups in total. The molecule has 1 aromatic rings. The van der Waals surface area contributed by atoms with E-state index >= 15 is 0 Å². The van der Waals surface area contributed by atoms with Gasteiger partial charge in [-0.15, -0.1) is 0 Å². The van der Waals surface area contributed by atoms with Gasteiger partial charge in [0.1, 0.15) is 11.6 Å². The summed E-state index contributed by atoms with van der Waals surface area (Å²) in [6, 6.07) is 1.96. The van der Waals surface area contributed by atoms with E-state index in [0.29, 0.717) is 6.42 Å². The van der Waals surface area contributed by atoms with E-state index in [0.717, 1.165) is 12.1 Å². The molecule has 0 spiro atoms. The monoisotopic (exact) mass is 224 g/mol. The highest BCUT2D eigenvalue weighted by atomic mass is 19.1. The smallest absolute Gasteiger partial charge is 0.146 e. The van der Waals surface area contributed by atoms with Crippen LogP contribution in [-0.4, -0.2) is 6.54 Å². The van der Waals surface area contributed by atoms with Gasteiger partial charge in [-0.25, -0.2) is 8.78 Å². The first-order valence-corrected chi connectivity index (χ1v) is 4.57. The van der Waals surface area contributed by atoms with E-state index in [4.69, 9.17) is 11.3 Å². The van der Waals surface area contributed by atoms with Gasteiger partial charge in [0.15, 0.2) is 0 Å². The van der Waals surface area contributed by atoms with Crippen LogP contribution in [0, 0.1) is 11.6 Å². The molecule has 4 nitrogen and oxygen atoms in total. The lowest BCUT2D eigenvalue weighted by Gasteiger charge is -2.00. The minimum Gasteiger partial charge on any atom is -0.396 e. The van der Waals surface area contributed by atoms with Gasteiger partial charge >= 0.3 is 0 Å². The predicted molar refractivity (Wildman–Crippen MR) is 58.4 cm³/mol. The molecule has 0 unspecified atom stereocenters. The van der Waals surface area contributed by atoms with Crippen LogP contribution in [0.1, 0.15) is 12.0 Å². The Bertz CT molecular complexity index is 450. The summed E-state index contributed by atoms with van der Waals surface area (Å²) in [6.45, 7) is 0.284. The number of nitrogen functional groups attached to an aromatic ring is 1. The fourth-order valence-corrected chi connectivity index (χ4v) is 1.09. The lowest BCUT2D eigenvalue weighted by Crippen LogP contribution is -1.94. The number of azide groups is 1. The van der Waals surface area contributed by atoms with Gasteiger partial charge in [-0.3, -0.25) is 0 Å². The molecule has 0 amide bonds. The molecule has 0 saturated carbocycles. The number of benzene rings is 1. The number of hydrogen-bond acceptors (Lipinski definition) is 2. The Morgan fingerprint density at radius 2 is 2.12 bits per heavy atom. The Kier molecular flexibility index (Phi) is 4.29. The first kappa shape index (κ1) is 12.0.